The molecule has 0 unspecified atom stereocenters. The number of fused-ring (bicyclic) bond motifs is 3. The number of alkyl halides is 9. The predicted molar refractivity (Wildman–Crippen MR) is 501 cm³/mol. The molecule has 7 aromatic carbocycles. The molecule has 0 aliphatic heterocycles. The Morgan fingerprint density at radius 3 is 0.835 bits per heavy atom. The van der Waals surface area contributed by atoms with Crippen molar-refractivity contribution in [3.05, 3.63) is 282 Å². The number of halogens is 9. The first kappa shape index (κ1) is 106. The second kappa shape index (κ2) is 45.5. The van der Waals surface area contributed by atoms with E-state index in [1.54, 1.807) is 44.1 Å². The summed E-state index contributed by atoms with van der Waals surface area (Å²) in [6.07, 6.45) is 2.05. The van der Waals surface area contributed by atoms with Crippen LogP contribution in [0.3, 0.4) is 0 Å². The summed E-state index contributed by atoms with van der Waals surface area (Å²) in [5, 5.41) is 48.7. The molecule has 0 saturated carbocycles. The number of para-hydroxylation sites is 1. The minimum Gasteiger partial charge on any atom is -0.420 e. The largest absolute Gasteiger partial charge is 2.00 e. The minimum atomic E-state index is -4.65. The van der Waals surface area contributed by atoms with Gasteiger partial charge in [-0.1, -0.05) is 229 Å². The topological polar surface area (TPSA) is 331 Å². The normalized spacial score (nSPS) is 11.6. The fourth-order valence-electron chi connectivity index (χ4n) is 15.7. The van der Waals surface area contributed by atoms with Crippen molar-refractivity contribution < 1.29 is 103 Å². The van der Waals surface area contributed by atoms with E-state index in [0.29, 0.717) is 98.5 Å². The number of aromatic nitrogens is 27. The Morgan fingerprint density at radius 1 is 0.281 bits per heavy atom. The van der Waals surface area contributed by atoms with E-state index in [1.807, 2.05) is 156 Å². The van der Waals surface area contributed by atoms with Crippen molar-refractivity contribution in [3.8, 4) is 109 Å². The Balaban J connectivity index is 0.000000164. The Hall–Kier alpha value is -13.3. The molecule has 0 fully saturated rings. The fraction of sp³-hybridized carbons (Fsp3) is 0.280. The summed E-state index contributed by atoms with van der Waals surface area (Å²) < 4.78 is 123. The summed E-state index contributed by atoms with van der Waals surface area (Å²) in [4.78, 5) is 49.4. The Labute approximate surface area is 839 Å². The Kier molecular flexibility index (Phi) is 34.8. The molecule has 724 valence electrons. The molecular weight excluding hydrogens is 2340 g/mol. The van der Waals surface area contributed by atoms with Crippen LogP contribution < -0.4 is 30.6 Å². The molecule has 39 heteroatoms. The molecule has 0 atom stereocenters. The molecule has 0 spiro atoms. The number of hydrogen-bond donors (Lipinski definition) is 0. The number of benzene rings is 7. The van der Waals surface area contributed by atoms with Gasteiger partial charge in [0.25, 0.3) is 0 Å². The van der Waals surface area contributed by atoms with Crippen molar-refractivity contribution >= 4 is 32.3 Å². The van der Waals surface area contributed by atoms with Crippen LogP contribution in [0.15, 0.2) is 213 Å². The summed E-state index contributed by atoms with van der Waals surface area (Å²) in [5.41, 5.74) is 15.3. The van der Waals surface area contributed by atoms with E-state index < -0.39 is 36.0 Å². The van der Waals surface area contributed by atoms with Crippen LogP contribution in [0.1, 0.15) is 207 Å². The smallest absolute Gasteiger partial charge is 0.420 e. The van der Waals surface area contributed by atoms with Crippen molar-refractivity contribution in [2.24, 2.45) is 7.05 Å². The number of nitrogens with zero attached hydrogens (tertiary/aromatic N) is 27. The second-order valence-corrected chi connectivity index (χ2v) is 34.0. The number of rotatable bonds is 17. The van der Waals surface area contributed by atoms with E-state index in [4.69, 9.17) is 0 Å². The summed E-state index contributed by atoms with van der Waals surface area (Å²) in [6.45, 7) is 35.4. The van der Waals surface area contributed by atoms with Crippen LogP contribution in [-0.4, -0.2) is 104 Å². The second-order valence-electron chi connectivity index (χ2n) is 34.0. The molecule has 0 aliphatic rings. The van der Waals surface area contributed by atoms with Gasteiger partial charge in [-0.25, -0.2) is 15.0 Å². The van der Waals surface area contributed by atoms with E-state index in [9.17, 15) is 39.5 Å². The van der Waals surface area contributed by atoms with Crippen LogP contribution >= 0.6 is 0 Å². The van der Waals surface area contributed by atoms with Gasteiger partial charge in [0.2, 0.25) is 0 Å². The maximum Gasteiger partial charge on any atom is 2.00 e. The zero-order valence-electron chi connectivity index (χ0n) is 78.7. The fourth-order valence-corrected chi connectivity index (χ4v) is 15.7. The van der Waals surface area contributed by atoms with Crippen molar-refractivity contribution in [2.75, 3.05) is 0 Å². The van der Waals surface area contributed by atoms with Gasteiger partial charge < -0.3 is 74.2 Å². The molecule has 12 heterocycles. The van der Waals surface area contributed by atoms with Gasteiger partial charge in [-0.15, -0.1) is 0 Å². The van der Waals surface area contributed by atoms with Gasteiger partial charge in [-0.3, -0.25) is 45.5 Å². The molecular formula is C100H96F9N27Pt3. The Bertz CT molecular complexity index is 6770. The molecule has 0 saturated heterocycles. The van der Waals surface area contributed by atoms with Crippen molar-refractivity contribution in [1.29, 1.82) is 0 Å². The summed E-state index contributed by atoms with van der Waals surface area (Å²) in [5.74, 6) is 3.58. The first-order chi connectivity index (χ1) is 64.8. The molecule has 19 rings (SSSR count). The average molecular weight is 2430 g/mol. The van der Waals surface area contributed by atoms with Gasteiger partial charge in [-0.2, -0.15) is 39.5 Å². The van der Waals surface area contributed by atoms with Crippen molar-refractivity contribution in [1.82, 2.24) is 135 Å². The number of pyridine rings is 3. The van der Waals surface area contributed by atoms with Gasteiger partial charge in [0.1, 0.15) is 34.9 Å². The number of hydrogen-bond acceptors (Lipinski definition) is 18. The third-order valence-electron chi connectivity index (χ3n) is 22.1. The first-order valence-corrected chi connectivity index (χ1v) is 43.8. The van der Waals surface area contributed by atoms with Gasteiger partial charge in [0.05, 0.1) is 17.1 Å². The summed E-state index contributed by atoms with van der Waals surface area (Å²) in [7, 11) is 1.90. The molecule has 0 amide bonds. The van der Waals surface area contributed by atoms with E-state index >= 15 is 0 Å². The molecule has 0 N–H and O–H groups in total. The van der Waals surface area contributed by atoms with E-state index in [-0.39, 0.29) is 97.8 Å². The molecule has 139 heavy (non-hydrogen) atoms. The van der Waals surface area contributed by atoms with Crippen LogP contribution in [0.25, 0.3) is 141 Å². The molecule has 0 aliphatic carbocycles. The van der Waals surface area contributed by atoms with Gasteiger partial charge >= 0.3 is 81.7 Å². The zero-order chi connectivity index (χ0) is 97.4. The van der Waals surface area contributed by atoms with Crippen LogP contribution in [0.4, 0.5) is 39.5 Å². The standard InChI is InChI=1S/3C24H22F3N4.C12H10N5.C9H12N5.C7H8N5.3Pt/c3*1-13(2)15-10-7-11-16(14(3)4)20(15)19-12-28-21(18-9-6-5-8-17(18)19)22-29-23(31-30-22)24(25,26)27;1-9-14-11(16-15-9)12-13-7-8-17(12)10-5-3-2-4-6-10;1-6(2)14-5-4-10-9(14)8-11-7(3)12-13-8;1-5-9-6(11-10-5)7-8-3-4-12(7)2;;;/h3*5-14H,1-4H3;2-8H,1H3;4-6H,1-3H3;3-4H,1-2H3;;;/q6*-1;3*+2. The van der Waals surface area contributed by atoms with Crippen LogP contribution in [-0.2, 0) is 88.8 Å². The SMILES string of the molecule is CC(C)c1cccc(C(C)C)c1-c1cnc(-c2nc(C(F)(F)F)n[n-]2)c2ccccc12.CC(C)c1cccc(C(C)C)c1-c1cnc(-c2nc(C(F)(F)F)n[n-]2)c2ccccc12.CC(C)c1cccc(C(C)C)c1-c1cnc(-c2nc(C(F)(F)F)n[n-]2)c2ccccc12.Cc1n[n-]c(-c2nccn2-c2ccccc2)n1.Cc1n[n-]c(-c2nccn2C(C)C)n1.Cc1n[n-]c(-c2nccn2C)n1.[Pt+2].[Pt+2].[Pt+2]. The van der Waals surface area contributed by atoms with Crippen LogP contribution in [0, 0.1) is 20.8 Å². The molecule has 12 aromatic heterocycles. The molecule has 0 bridgehead atoms. The maximum atomic E-state index is 13.0. The average Bonchev–Trinajstić information content (AvgIpc) is 1.47. The van der Waals surface area contributed by atoms with Gasteiger partial charge in [-0.05, 0) is 166 Å². The van der Waals surface area contributed by atoms with Crippen LogP contribution in [0.2, 0.25) is 0 Å². The molecule has 19 aromatic rings. The number of aryl methyl sites for hydroxylation is 4. The van der Waals surface area contributed by atoms with E-state index in [2.05, 4.69) is 273 Å². The van der Waals surface area contributed by atoms with Crippen molar-refractivity contribution in [3.63, 3.8) is 0 Å². The minimum absolute atomic E-state index is 0. The molecule has 0 radical (unpaired) electrons. The monoisotopic (exact) mass is 2430 g/mol. The predicted octanol–water partition coefficient (Wildman–Crippen LogP) is 22.7. The quantitative estimate of drug-likeness (QED) is 0.0764. The van der Waals surface area contributed by atoms with Gasteiger partial charge in [0.15, 0.2) is 0 Å². The van der Waals surface area contributed by atoms with E-state index in [0.717, 1.165) is 66.9 Å². The summed E-state index contributed by atoms with van der Waals surface area (Å²) >= 11 is 0. The third-order valence-corrected chi connectivity index (χ3v) is 22.1. The number of imidazole rings is 3. The first-order valence-electron chi connectivity index (χ1n) is 43.8. The maximum absolute atomic E-state index is 13.0. The van der Waals surface area contributed by atoms with E-state index in [1.165, 1.54) is 33.4 Å². The summed E-state index contributed by atoms with van der Waals surface area (Å²) in [6, 6.07) is 51.8. The molecule has 27 nitrogen and oxygen atoms in total. The Morgan fingerprint density at radius 2 is 0.554 bits per heavy atom. The van der Waals surface area contributed by atoms with Crippen LogP contribution in [0.5, 0.6) is 0 Å². The third kappa shape index (κ3) is 24.2. The van der Waals surface area contributed by atoms with Gasteiger partial charge in [0, 0.05) is 142 Å². The zero-order valence-corrected chi connectivity index (χ0v) is 85.5. The van der Waals surface area contributed by atoms with Crippen molar-refractivity contribution in [2.45, 2.75) is 178 Å².